The highest BCUT2D eigenvalue weighted by molar-refractivity contribution is 5.73. The van der Waals surface area contributed by atoms with Crippen molar-refractivity contribution in [2.75, 3.05) is 13.7 Å². The van der Waals surface area contributed by atoms with Crippen molar-refractivity contribution in [3.05, 3.63) is 23.9 Å². The van der Waals surface area contributed by atoms with Gasteiger partial charge in [0.1, 0.15) is 0 Å². The number of nitrogens with one attached hydrogen (secondary N) is 2. The van der Waals surface area contributed by atoms with Gasteiger partial charge in [-0.05, 0) is 17.5 Å². The van der Waals surface area contributed by atoms with Crippen molar-refractivity contribution in [1.82, 2.24) is 15.6 Å². The van der Waals surface area contributed by atoms with E-state index in [9.17, 15) is 4.79 Å². The van der Waals surface area contributed by atoms with Crippen LogP contribution in [0.15, 0.2) is 18.3 Å². The summed E-state index contributed by atoms with van der Waals surface area (Å²) in [5.41, 5.74) is 0.955. The molecule has 0 aliphatic rings. The highest BCUT2D eigenvalue weighted by Crippen LogP contribution is 2.07. The van der Waals surface area contributed by atoms with Gasteiger partial charge in [-0.2, -0.15) is 0 Å². The number of aromatic nitrogens is 1. The largest absolute Gasteiger partial charge is 0.481 e. The van der Waals surface area contributed by atoms with Crippen LogP contribution in [-0.4, -0.2) is 24.7 Å². The molecule has 0 atom stereocenters. The van der Waals surface area contributed by atoms with Crippen LogP contribution in [0.5, 0.6) is 5.88 Å². The molecule has 0 radical (unpaired) electrons. The predicted molar refractivity (Wildman–Crippen MR) is 65.9 cm³/mol. The maximum Gasteiger partial charge on any atom is 0.315 e. The van der Waals surface area contributed by atoms with Crippen LogP contribution in [0.2, 0.25) is 0 Å². The van der Waals surface area contributed by atoms with Gasteiger partial charge in [-0.15, -0.1) is 0 Å². The lowest BCUT2D eigenvalue weighted by molar-refractivity contribution is 0.239. The molecule has 0 aliphatic heterocycles. The minimum atomic E-state index is -0.158. The molecule has 17 heavy (non-hydrogen) atoms. The summed E-state index contributed by atoms with van der Waals surface area (Å²) >= 11 is 0. The van der Waals surface area contributed by atoms with E-state index in [1.54, 1.807) is 19.4 Å². The summed E-state index contributed by atoms with van der Waals surface area (Å²) in [4.78, 5) is 15.4. The van der Waals surface area contributed by atoms with Gasteiger partial charge in [0.25, 0.3) is 0 Å². The molecule has 5 heteroatoms. The fourth-order valence-electron chi connectivity index (χ4n) is 1.21. The first-order chi connectivity index (χ1) is 8.11. The highest BCUT2D eigenvalue weighted by atomic mass is 16.5. The molecule has 0 aromatic carbocycles. The van der Waals surface area contributed by atoms with Crippen LogP contribution < -0.4 is 15.4 Å². The third-order valence-corrected chi connectivity index (χ3v) is 2.13. The van der Waals surface area contributed by atoms with Crippen LogP contribution in [0.25, 0.3) is 0 Å². The number of methoxy groups -OCH3 is 1. The van der Waals surface area contributed by atoms with Gasteiger partial charge < -0.3 is 15.4 Å². The molecule has 1 heterocycles. The van der Waals surface area contributed by atoms with Crippen LogP contribution in [0, 0.1) is 5.92 Å². The van der Waals surface area contributed by atoms with E-state index in [4.69, 9.17) is 4.74 Å². The van der Waals surface area contributed by atoms with Crippen LogP contribution in [0.3, 0.4) is 0 Å². The number of ether oxygens (including phenoxy) is 1. The first-order valence-electron chi connectivity index (χ1n) is 5.62. The third-order valence-electron chi connectivity index (χ3n) is 2.13. The Labute approximate surface area is 102 Å². The summed E-state index contributed by atoms with van der Waals surface area (Å²) in [5, 5.41) is 5.56. The van der Waals surface area contributed by atoms with Gasteiger partial charge >= 0.3 is 6.03 Å². The molecule has 2 amide bonds. The average Bonchev–Trinajstić information content (AvgIpc) is 2.34. The third kappa shape index (κ3) is 5.19. The number of hydrogen-bond acceptors (Lipinski definition) is 3. The Morgan fingerprint density at radius 3 is 2.88 bits per heavy atom. The molecule has 2 N–H and O–H groups in total. The van der Waals surface area contributed by atoms with E-state index in [1.165, 1.54) is 0 Å². The Bertz CT molecular complexity index is 367. The van der Waals surface area contributed by atoms with Crippen LogP contribution >= 0.6 is 0 Å². The zero-order valence-electron chi connectivity index (χ0n) is 10.5. The number of amides is 2. The lowest BCUT2D eigenvalue weighted by Gasteiger charge is -2.09. The van der Waals surface area contributed by atoms with E-state index >= 15 is 0 Å². The Morgan fingerprint density at radius 2 is 2.24 bits per heavy atom. The standard InChI is InChI=1S/C12H19N3O2/c1-9(2)7-14-12(16)15-8-10-4-5-13-11(6-10)17-3/h4-6,9H,7-8H2,1-3H3,(H2,14,15,16). The highest BCUT2D eigenvalue weighted by Gasteiger charge is 2.02. The molecular formula is C12H19N3O2. The van der Waals surface area contributed by atoms with Gasteiger partial charge in [0.2, 0.25) is 5.88 Å². The number of pyridine rings is 1. The van der Waals surface area contributed by atoms with E-state index in [0.717, 1.165) is 5.56 Å². The lowest BCUT2D eigenvalue weighted by atomic mass is 10.2. The number of nitrogens with zero attached hydrogens (tertiary/aromatic N) is 1. The summed E-state index contributed by atoms with van der Waals surface area (Å²) in [6.07, 6.45) is 1.65. The number of rotatable bonds is 5. The Morgan fingerprint density at radius 1 is 1.47 bits per heavy atom. The average molecular weight is 237 g/mol. The van der Waals surface area contributed by atoms with E-state index < -0.39 is 0 Å². The minimum Gasteiger partial charge on any atom is -0.481 e. The van der Waals surface area contributed by atoms with Gasteiger partial charge in [-0.1, -0.05) is 13.8 Å². The molecule has 0 spiro atoms. The normalized spacial score (nSPS) is 10.1. The van der Waals surface area contributed by atoms with Crippen LogP contribution in [0.1, 0.15) is 19.4 Å². The zero-order valence-corrected chi connectivity index (χ0v) is 10.5. The summed E-state index contributed by atoms with van der Waals surface area (Å²) < 4.78 is 5.00. The SMILES string of the molecule is COc1cc(CNC(=O)NCC(C)C)ccn1. The molecule has 0 bridgehead atoms. The minimum absolute atomic E-state index is 0.158. The van der Waals surface area contributed by atoms with Crippen molar-refractivity contribution in [2.24, 2.45) is 5.92 Å². The summed E-state index contributed by atoms with van der Waals surface area (Å²) in [6, 6.07) is 3.48. The number of urea groups is 1. The first-order valence-corrected chi connectivity index (χ1v) is 5.62. The molecule has 94 valence electrons. The Hall–Kier alpha value is -1.78. The maximum absolute atomic E-state index is 11.4. The molecule has 0 fully saturated rings. The molecule has 1 aromatic heterocycles. The molecule has 1 rings (SSSR count). The number of hydrogen-bond donors (Lipinski definition) is 2. The number of carbonyl (C=O) groups is 1. The molecule has 0 saturated carbocycles. The van der Waals surface area contributed by atoms with Crippen molar-refractivity contribution < 1.29 is 9.53 Å². The smallest absolute Gasteiger partial charge is 0.315 e. The predicted octanol–water partition coefficient (Wildman–Crippen LogP) is 1.55. The van der Waals surface area contributed by atoms with Crippen LogP contribution in [-0.2, 0) is 6.54 Å². The Balaban J connectivity index is 2.36. The maximum atomic E-state index is 11.4. The van der Waals surface area contributed by atoms with Crippen molar-refractivity contribution >= 4 is 6.03 Å². The van der Waals surface area contributed by atoms with Gasteiger partial charge in [0, 0.05) is 25.4 Å². The first kappa shape index (κ1) is 13.3. The van der Waals surface area contributed by atoms with E-state index in [-0.39, 0.29) is 6.03 Å². The topological polar surface area (TPSA) is 63.2 Å². The van der Waals surface area contributed by atoms with E-state index in [1.807, 2.05) is 19.9 Å². The fourth-order valence-corrected chi connectivity index (χ4v) is 1.21. The van der Waals surface area contributed by atoms with Crippen molar-refractivity contribution in [1.29, 1.82) is 0 Å². The van der Waals surface area contributed by atoms with Gasteiger partial charge in [-0.3, -0.25) is 0 Å². The van der Waals surface area contributed by atoms with Crippen molar-refractivity contribution in [3.8, 4) is 5.88 Å². The van der Waals surface area contributed by atoms with Crippen molar-refractivity contribution in [2.45, 2.75) is 20.4 Å². The second kappa shape index (κ2) is 6.73. The molecule has 0 aliphatic carbocycles. The second-order valence-corrected chi connectivity index (χ2v) is 4.16. The van der Waals surface area contributed by atoms with Crippen molar-refractivity contribution in [3.63, 3.8) is 0 Å². The molecule has 5 nitrogen and oxygen atoms in total. The summed E-state index contributed by atoms with van der Waals surface area (Å²) in [7, 11) is 1.56. The van der Waals surface area contributed by atoms with Crippen LogP contribution in [0.4, 0.5) is 4.79 Å². The van der Waals surface area contributed by atoms with Gasteiger partial charge in [-0.25, -0.2) is 9.78 Å². The van der Waals surface area contributed by atoms with E-state index in [0.29, 0.717) is 24.9 Å². The monoisotopic (exact) mass is 237 g/mol. The molecule has 1 aromatic rings. The summed E-state index contributed by atoms with van der Waals surface area (Å²) in [5.74, 6) is 0.994. The lowest BCUT2D eigenvalue weighted by Crippen LogP contribution is -2.37. The molecule has 0 unspecified atom stereocenters. The van der Waals surface area contributed by atoms with Gasteiger partial charge in [0.05, 0.1) is 7.11 Å². The molecule has 0 saturated heterocycles. The van der Waals surface area contributed by atoms with Gasteiger partial charge in [0.15, 0.2) is 0 Å². The second-order valence-electron chi connectivity index (χ2n) is 4.16. The fraction of sp³-hybridized carbons (Fsp3) is 0.500. The number of carbonyl (C=O) groups excluding carboxylic acids is 1. The zero-order chi connectivity index (χ0) is 12.7. The molecular weight excluding hydrogens is 218 g/mol. The quantitative estimate of drug-likeness (QED) is 0.816. The Kier molecular flexibility index (Phi) is 5.26. The summed E-state index contributed by atoms with van der Waals surface area (Å²) in [6.45, 7) is 5.23. The van der Waals surface area contributed by atoms with E-state index in [2.05, 4.69) is 15.6 Å².